The zero-order chi connectivity index (χ0) is 10.3. The maximum absolute atomic E-state index is 10.5. The van der Waals surface area contributed by atoms with Crippen LogP contribution in [0.5, 0.6) is 0 Å². The molecule has 0 fully saturated rings. The van der Waals surface area contributed by atoms with Gasteiger partial charge in [-0.3, -0.25) is 4.79 Å². The molecule has 0 aromatic rings. The van der Waals surface area contributed by atoms with E-state index in [0.29, 0.717) is 0 Å². The second kappa shape index (κ2) is 6.56. The van der Waals surface area contributed by atoms with Gasteiger partial charge < -0.3 is 14.1 Å². The van der Waals surface area contributed by atoms with Gasteiger partial charge in [0, 0.05) is 16.4 Å². The van der Waals surface area contributed by atoms with E-state index in [2.05, 4.69) is 14.1 Å². The molecular formula is C5H10NO6P. The highest BCUT2D eigenvalue weighted by Crippen LogP contribution is 1.98. The van der Waals surface area contributed by atoms with Crippen LogP contribution in [0.4, 0.5) is 0 Å². The Labute approximate surface area is 76.7 Å². The highest BCUT2D eigenvalue weighted by Gasteiger charge is 2.13. The topological polar surface area (TPSA) is 87.9 Å². The normalized spacial score (nSPS) is 11.8. The molecule has 0 saturated heterocycles. The lowest BCUT2D eigenvalue weighted by atomic mass is 10.4. The van der Waals surface area contributed by atoms with Crippen molar-refractivity contribution in [1.29, 1.82) is 0 Å². The van der Waals surface area contributed by atoms with E-state index in [1.54, 1.807) is 0 Å². The first-order valence-electron chi connectivity index (χ1n) is 3.32. The molecule has 13 heavy (non-hydrogen) atoms. The van der Waals surface area contributed by atoms with Crippen LogP contribution in [0.25, 0.3) is 0 Å². The first-order chi connectivity index (χ1) is 6.06. The smallest absolute Gasteiger partial charge is 0.303 e. The predicted octanol–water partition coefficient (Wildman–Crippen LogP) is -0.0669. The minimum atomic E-state index is -0.959. The molecule has 0 radical (unpaired) electrons. The van der Waals surface area contributed by atoms with Crippen LogP contribution in [0.1, 0.15) is 6.92 Å². The zero-order valence-electron chi connectivity index (χ0n) is 6.97. The van der Waals surface area contributed by atoms with Crippen LogP contribution in [0.15, 0.2) is 0 Å². The number of nitrogens with zero attached hydrogens (tertiary/aromatic N) is 1. The molecule has 0 bridgehead atoms. The molecule has 0 saturated carbocycles. The third-order valence-corrected chi connectivity index (χ3v) is 1.17. The molecule has 2 atom stereocenters. The molecule has 2 unspecified atom stereocenters. The quantitative estimate of drug-likeness (QED) is 0.264. The predicted molar refractivity (Wildman–Crippen MR) is 44.2 cm³/mol. The van der Waals surface area contributed by atoms with Crippen molar-refractivity contribution in [3.8, 4) is 0 Å². The average Bonchev–Trinajstić information content (AvgIpc) is 1.99. The summed E-state index contributed by atoms with van der Waals surface area (Å²) in [6.45, 7) is 0.890. The fourth-order valence-electron chi connectivity index (χ4n) is 0.602. The first-order valence-corrected chi connectivity index (χ1v) is 3.79. The molecular weight excluding hydrogens is 201 g/mol. The van der Waals surface area contributed by atoms with E-state index in [4.69, 9.17) is 0 Å². The van der Waals surface area contributed by atoms with Crippen LogP contribution in [-0.2, 0) is 18.9 Å². The second-order valence-electron chi connectivity index (χ2n) is 2.08. The summed E-state index contributed by atoms with van der Waals surface area (Å²) in [5.74, 6) is -0.543. The SMILES string of the molecule is CC(=O)OC(COP)CO[N+](=O)[O-]. The Morgan fingerprint density at radius 2 is 2.23 bits per heavy atom. The lowest BCUT2D eigenvalue weighted by Crippen LogP contribution is -2.27. The summed E-state index contributed by atoms with van der Waals surface area (Å²) in [7, 11) is 1.94. The summed E-state index contributed by atoms with van der Waals surface area (Å²) in [6.07, 6.45) is -0.764. The van der Waals surface area contributed by atoms with Gasteiger partial charge in [0.05, 0.1) is 6.61 Å². The van der Waals surface area contributed by atoms with Crippen LogP contribution >= 0.6 is 9.47 Å². The van der Waals surface area contributed by atoms with Gasteiger partial charge in [-0.25, -0.2) is 0 Å². The molecule has 0 aliphatic rings. The number of hydrogen-bond acceptors (Lipinski definition) is 6. The van der Waals surface area contributed by atoms with Gasteiger partial charge in [0.25, 0.3) is 5.09 Å². The fourth-order valence-corrected chi connectivity index (χ4v) is 0.817. The van der Waals surface area contributed by atoms with Crippen molar-refractivity contribution in [3.05, 3.63) is 10.1 Å². The molecule has 0 aromatic heterocycles. The van der Waals surface area contributed by atoms with Crippen LogP contribution in [0.2, 0.25) is 0 Å². The van der Waals surface area contributed by atoms with Crippen molar-refractivity contribution in [2.45, 2.75) is 13.0 Å². The summed E-state index contributed by atoms with van der Waals surface area (Å²) >= 11 is 0. The molecule has 0 aliphatic carbocycles. The van der Waals surface area contributed by atoms with Gasteiger partial charge in [-0.15, -0.1) is 10.1 Å². The number of carbonyl (C=O) groups excluding carboxylic acids is 1. The first kappa shape index (κ1) is 12.1. The van der Waals surface area contributed by atoms with Gasteiger partial charge in [0.1, 0.15) is 12.7 Å². The summed E-state index contributed by atoms with van der Waals surface area (Å²) in [6, 6.07) is 0. The van der Waals surface area contributed by atoms with Gasteiger partial charge in [-0.05, 0) is 0 Å². The third-order valence-electron chi connectivity index (χ3n) is 0.981. The van der Waals surface area contributed by atoms with Gasteiger partial charge in [0.15, 0.2) is 0 Å². The molecule has 76 valence electrons. The van der Waals surface area contributed by atoms with Crippen LogP contribution in [0.3, 0.4) is 0 Å². The monoisotopic (exact) mass is 211 g/mol. The van der Waals surface area contributed by atoms with Crippen LogP contribution in [-0.4, -0.2) is 30.4 Å². The van der Waals surface area contributed by atoms with E-state index in [-0.39, 0.29) is 13.2 Å². The van der Waals surface area contributed by atoms with Crippen molar-refractivity contribution in [2.24, 2.45) is 0 Å². The lowest BCUT2D eigenvalue weighted by Gasteiger charge is -2.13. The molecule has 0 heterocycles. The van der Waals surface area contributed by atoms with E-state index >= 15 is 0 Å². The number of ether oxygens (including phenoxy) is 1. The molecule has 8 heteroatoms. The Bertz CT molecular complexity index is 186. The van der Waals surface area contributed by atoms with Crippen molar-refractivity contribution in [1.82, 2.24) is 0 Å². The fraction of sp³-hybridized carbons (Fsp3) is 0.800. The van der Waals surface area contributed by atoms with Gasteiger partial charge >= 0.3 is 5.97 Å². The standard InChI is InChI=1S/C5H10NO6P/c1-4(7)12-5(3-11-13)2-10-6(8)9/h5H,2-3,13H2,1H3. The van der Waals surface area contributed by atoms with Crippen LogP contribution < -0.4 is 0 Å². The number of rotatable bonds is 6. The zero-order valence-corrected chi connectivity index (χ0v) is 8.12. The molecule has 0 spiro atoms. The number of carbonyl (C=O) groups is 1. The van der Waals surface area contributed by atoms with Crippen LogP contribution in [0, 0.1) is 10.1 Å². The van der Waals surface area contributed by atoms with E-state index in [1.807, 2.05) is 9.47 Å². The van der Waals surface area contributed by atoms with E-state index in [9.17, 15) is 14.9 Å². The molecule has 0 aliphatic heterocycles. The third kappa shape index (κ3) is 7.42. The minimum absolute atomic E-state index is 0.0259. The molecule has 0 aromatic carbocycles. The van der Waals surface area contributed by atoms with Gasteiger partial charge in [0.2, 0.25) is 0 Å². The maximum Gasteiger partial charge on any atom is 0.303 e. The highest BCUT2D eigenvalue weighted by atomic mass is 31.0. The van der Waals surface area contributed by atoms with Crippen molar-refractivity contribution >= 4 is 15.4 Å². The Hall–Kier alpha value is -0.940. The number of esters is 1. The van der Waals surface area contributed by atoms with Crippen molar-refractivity contribution in [2.75, 3.05) is 13.2 Å². The summed E-state index contributed by atoms with van der Waals surface area (Å²) in [5, 5.41) is 8.83. The Kier molecular flexibility index (Phi) is 6.09. The van der Waals surface area contributed by atoms with E-state index < -0.39 is 17.2 Å². The summed E-state index contributed by atoms with van der Waals surface area (Å²) < 4.78 is 9.21. The van der Waals surface area contributed by atoms with Gasteiger partial charge in [-0.1, -0.05) is 0 Å². The minimum Gasteiger partial charge on any atom is -0.458 e. The average molecular weight is 211 g/mol. The Morgan fingerprint density at radius 1 is 1.62 bits per heavy atom. The number of hydrogen-bond donors (Lipinski definition) is 0. The molecule has 0 rings (SSSR count). The maximum atomic E-state index is 10.5. The summed E-state index contributed by atoms with van der Waals surface area (Å²) in [5.41, 5.74) is 0. The largest absolute Gasteiger partial charge is 0.458 e. The van der Waals surface area contributed by atoms with E-state index in [1.165, 1.54) is 6.92 Å². The molecule has 7 nitrogen and oxygen atoms in total. The summed E-state index contributed by atoms with van der Waals surface area (Å²) in [4.78, 5) is 24.3. The van der Waals surface area contributed by atoms with Crippen molar-refractivity contribution < 1.29 is 24.0 Å². The molecule has 0 amide bonds. The lowest BCUT2D eigenvalue weighted by molar-refractivity contribution is -0.759. The molecule has 0 N–H and O–H groups in total. The van der Waals surface area contributed by atoms with E-state index in [0.717, 1.165) is 0 Å². The highest BCUT2D eigenvalue weighted by molar-refractivity contribution is 7.09. The Balaban J connectivity index is 3.79. The van der Waals surface area contributed by atoms with Crippen molar-refractivity contribution in [3.63, 3.8) is 0 Å². The van der Waals surface area contributed by atoms with Gasteiger partial charge in [-0.2, -0.15) is 0 Å². The Morgan fingerprint density at radius 3 is 2.62 bits per heavy atom. The second-order valence-corrected chi connectivity index (χ2v) is 2.42.